The highest BCUT2D eigenvalue weighted by Crippen LogP contribution is 2.32. The Labute approximate surface area is 103 Å². The van der Waals surface area contributed by atoms with Crippen molar-refractivity contribution in [3.63, 3.8) is 0 Å². The molecule has 92 valence electrons. The summed E-state index contributed by atoms with van der Waals surface area (Å²) < 4.78 is 20.8. The molecular formula is C13H12FN3O. The van der Waals surface area contributed by atoms with Crippen molar-refractivity contribution in [2.45, 2.75) is 6.92 Å². The molecule has 0 radical (unpaired) electrons. The molecule has 2 N–H and O–H groups in total. The average Bonchev–Trinajstić information content (AvgIpc) is 2.84. The molecule has 0 aliphatic carbocycles. The van der Waals surface area contributed by atoms with E-state index in [-0.39, 0.29) is 11.7 Å². The maximum absolute atomic E-state index is 14.1. The molecule has 0 saturated carbocycles. The molecule has 0 bridgehead atoms. The maximum atomic E-state index is 14.1. The highest BCUT2D eigenvalue weighted by Gasteiger charge is 2.15. The van der Waals surface area contributed by atoms with Crippen molar-refractivity contribution < 1.29 is 8.91 Å². The first-order valence-corrected chi connectivity index (χ1v) is 5.54. The van der Waals surface area contributed by atoms with Crippen LogP contribution in [0.25, 0.3) is 22.0 Å². The average molecular weight is 245 g/mol. The largest absolute Gasteiger partial charge is 0.367 e. The maximum Gasteiger partial charge on any atom is 0.230 e. The molecule has 0 unspecified atom stereocenters. The van der Waals surface area contributed by atoms with Gasteiger partial charge in [-0.1, -0.05) is 5.16 Å². The number of halogens is 1. The molecule has 3 aromatic rings. The molecule has 0 amide bonds. The first-order chi connectivity index (χ1) is 8.58. The zero-order valence-corrected chi connectivity index (χ0v) is 10.1. The van der Waals surface area contributed by atoms with Crippen LogP contribution >= 0.6 is 0 Å². The zero-order valence-electron chi connectivity index (χ0n) is 10.1. The number of rotatable bonds is 1. The van der Waals surface area contributed by atoms with Crippen molar-refractivity contribution in [3.8, 4) is 11.1 Å². The molecule has 0 fully saturated rings. The van der Waals surface area contributed by atoms with Gasteiger partial charge in [0.05, 0.1) is 11.8 Å². The summed E-state index contributed by atoms with van der Waals surface area (Å²) in [5.74, 6) is -0.206. The van der Waals surface area contributed by atoms with E-state index in [0.29, 0.717) is 11.1 Å². The first kappa shape index (κ1) is 10.8. The summed E-state index contributed by atoms with van der Waals surface area (Å²) in [7, 11) is 1.94. The van der Waals surface area contributed by atoms with Crippen molar-refractivity contribution in [1.29, 1.82) is 0 Å². The molecule has 0 aliphatic heterocycles. The van der Waals surface area contributed by atoms with Gasteiger partial charge in [-0.2, -0.15) is 0 Å². The first-order valence-electron chi connectivity index (χ1n) is 5.54. The fraction of sp³-hybridized carbons (Fsp3) is 0.154. The van der Waals surface area contributed by atoms with E-state index >= 15 is 0 Å². The predicted octanol–water partition coefficient (Wildman–Crippen LogP) is 2.86. The molecule has 3 rings (SSSR count). The van der Waals surface area contributed by atoms with Gasteiger partial charge in [-0.25, -0.2) is 4.39 Å². The lowest BCUT2D eigenvalue weighted by Gasteiger charge is -2.04. The number of hydrogen-bond donors (Lipinski definition) is 1. The van der Waals surface area contributed by atoms with Crippen molar-refractivity contribution in [1.82, 2.24) is 9.72 Å². The van der Waals surface area contributed by atoms with Gasteiger partial charge >= 0.3 is 0 Å². The second-order valence-electron chi connectivity index (χ2n) is 4.34. The molecule has 1 aromatic carbocycles. The van der Waals surface area contributed by atoms with Crippen LogP contribution in [0.2, 0.25) is 0 Å². The van der Waals surface area contributed by atoms with Gasteiger partial charge in [-0.3, -0.25) is 0 Å². The summed E-state index contributed by atoms with van der Waals surface area (Å²) >= 11 is 0. The number of nitrogen functional groups attached to an aromatic ring is 1. The van der Waals surface area contributed by atoms with Gasteiger partial charge in [0, 0.05) is 29.2 Å². The van der Waals surface area contributed by atoms with Crippen LogP contribution in [0.1, 0.15) is 5.69 Å². The lowest BCUT2D eigenvalue weighted by molar-refractivity contribution is 0.436. The van der Waals surface area contributed by atoms with Crippen LogP contribution in [0.3, 0.4) is 0 Å². The minimum Gasteiger partial charge on any atom is -0.367 e. The Morgan fingerprint density at radius 3 is 2.72 bits per heavy atom. The molecule has 2 aromatic heterocycles. The number of fused-ring (bicyclic) bond motifs is 1. The van der Waals surface area contributed by atoms with E-state index in [1.807, 2.05) is 24.6 Å². The van der Waals surface area contributed by atoms with Crippen LogP contribution in [0, 0.1) is 12.7 Å². The summed E-state index contributed by atoms with van der Waals surface area (Å²) in [4.78, 5) is 0. The van der Waals surface area contributed by atoms with E-state index in [1.54, 1.807) is 6.07 Å². The quantitative estimate of drug-likeness (QED) is 0.717. The highest BCUT2D eigenvalue weighted by atomic mass is 19.1. The number of aromatic nitrogens is 2. The highest BCUT2D eigenvalue weighted by molar-refractivity contribution is 5.88. The SMILES string of the molecule is Cc1cc2cc(F)c(-c3cnoc3N)cc2n1C. The smallest absolute Gasteiger partial charge is 0.230 e. The molecular weight excluding hydrogens is 233 g/mol. The fourth-order valence-corrected chi connectivity index (χ4v) is 2.15. The second-order valence-corrected chi connectivity index (χ2v) is 4.34. The van der Waals surface area contributed by atoms with Gasteiger partial charge in [0.25, 0.3) is 0 Å². The van der Waals surface area contributed by atoms with Gasteiger partial charge in [0.15, 0.2) is 0 Å². The van der Waals surface area contributed by atoms with Gasteiger partial charge in [0.2, 0.25) is 5.88 Å². The fourth-order valence-electron chi connectivity index (χ4n) is 2.15. The van der Waals surface area contributed by atoms with Crippen LogP contribution in [0.15, 0.2) is 28.9 Å². The monoisotopic (exact) mass is 245 g/mol. The number of anilines is 1. The molecule has 5 heteroatoms. The van der Waals surface area contributed by atoms with E-state index in [0.717, 1.165) is 16.6 Å². The third-order valence-corrected chi connectivity index (χ3v) is 3.26. The van der Waals surface area contributed by atoms with Gasteiger partial charge in [-0.15, -0.1) is 0 Å². The minimum absolute atomic E-state index is 0.124. The Bertz CT molecular complexity index is 742. The lowest BCUT2D eigenvalue weighted by Crippen LogP contribution is -1.92. The van der Waals surface area contributed by atoms with E-state index in [4.69, 9.17) is 10.3 Å². The molecule has 0 saturated heterocycles. The van der Waals surface area contributed by atoms with Crippen molar-refractivity contribution in [3.05, 3.63) is 35.9 Å². The second kappa shape index (κ2) is 3.60. The van der Waals surface area contributed by atoms with Gasteiger partial charge in [-0.05, 0) is 25.1 Å². The van der Waals surface area contributed by atoms with Crippen molar-refractivity contribution >= 4 is 16.8 Å². The van der Waals surface area contributed by atoms with Gasteiger partial charge in [0.1, 0.15) is 5.82 Å². The normalized spacial score (nSPS) is 11.3. The Hall–Kier alpha value is -2.30. The molecule has 18 heavy (non-hydrogen) atoms. The Morgan fingerprint density at radius 2 is 2.06 bits per heavy atom. The molecule has 0 atom stereocenters. The number of nitrogens with two attached hydrogens (primary N) is 1. The number of aryl methyl sites for hydroxylation is 2. The Balaban J connectivity index is 2.34. The Morgan fingerprint density at radius 1 is 1.28 bits per heavy atom. The molecule has 4 nitrogen and oxygen atoms in total. The van der Waals surface area contributed by atoms with Crippen molar-refractivity contribution in [2.24, 2.45) is 7.05 Å². The summed E-state index contributed by atoms with van der Waals surface area (Å²) in [6.07, 6.45) is 1.43. The van der Waals surface area contributed by atoms with Crippen LogP contribution in [-0.4, -0.2) is 9.72 Å². The molecule has 0 spiro atoms. The van der Waals surface area contributed by atoms with E-state index in [1.165, 1.54) is 12.3 Å². The lowest BCUT2D eigenvalue weighted by atomic mass is 10.1. The standard InChI is InChI=1S/C13H12FN3O/c1-7-3-8-4-11(14)9(5-12(8)17(7)2)10-6-16-18-13(10)15/h3-6H,15H2,1-2H3. The summed E-state index contributed by atoms with van der Waals surface area (Å²) in [5, 5.41) is 4.44. The van der Waals surface area contributed by atoms with E-state index in [9.17, 15) is 4.39 Å². The molecule has 0 aliphatic rings. The number of hydrogen-bond acceptors (Lipinski definition) is 3. The van der Waals surface area contributed by atoms with Crippen molar-refractivity contribution in [2.75, 3.05) is 5.73 Å². The summed E-state index contributed by atoms with van der Waals surface area (Å²) in [5.41, 5.74) is 8.53. The molecule has 2 heterocycles. The number of nitrogens with zero attached hydrogens (tertiary/aromatic N) is 2. The van der Waals surface area contributed by atoms with Gasteiger partial charge < -0.3 is 14.8 Å². The third kappa shape index (κ3) is 1.40. The zero-order chi connectivity index (χ0) is 12.9. The van der Waals surface area contributed by atoms with Crippen LogP contribution in [0.5, 0.6) is 0 Å². The minimum atomic E-state index is -0.331. The predicted molar refractivity (Wildman–Crippen MR) is 67.5 cm³/mol. The van der Waals surface area contributed by atoms with Crippen LogP contribution < -0.4 is 5.73 Å². The third-order valence-electron chi connectivity index (χ3n) is 3.26. The summed E-state index contributed by atoms with van der Waals surface area (Å²) in [6, 6.07) is 5.21. The van der Waals surface area contributed by atoms with E-state index in [2.05, 4.69) is 5.16 Å². The van der Waals surface area contributed by atoms with Crippen LogP contribution in [-0.2, 0) is 7.05 Å². The number of benzene rings is 1. The topological polar surface area (TPSA) is 57.0 Å². The summed E-state index contributed by atoms with van der Waals surface area (Å²) in [6.45, 7) is 1.98. The Kier molecular flexibility index (Phi) is 2.16. The van der Waals surface area contributed by atoms with Crippen LogP contribution in [0.4, 0.5) is 10.3 Å². The van der Waals surface area contributed by atoms with E-state index < -0.39 is 0 Å².